The predicted octanol–water partition coefficient (Wildman–Crippen LogP) is 3.32. The Bertz CT molecular complexity index is 610. The summed E-state index contributed by atoms with van der Waals surface area (Å²) < 4.78 is 17.1. The lowest BCUT2D eigenvalue weighted by Crippen LogP contribution is -2.60. The van der Waals surface area contributed by atoms with Crippen LogP contribution in [0.3, 0.4) is 0 Å². The van der Waals surface area contributed by atoms with Gasteiger partial charge in [-0.1, -0.05) is 6.92 Å². The molecular formula is C23H38O6. The number of aliphatic hydroxyl groups excluding tert-OH is 1. The monoisotopic (exact) mass is 410 g/mol. The molecule has 0 aromatic carbocycles. The van der Waals surface area contributed by atoms with Gasteiger partial charge >= 0.3 is 5.97 Å². The summed E-state index contributed by atoms with van der Waals surface area (Å²) in [5, 5.41) is 20.2. The maximum atomic E-state index is 12.5. The Kier molecular flexibility index (Phi) is 6.02. The molecule has 0 aliphatic heterocycles. The van der Waals surface area contributed by atoms with E-state index in [1.165, 1.54) is 0 Å². The Hall–Kier alpha value is -0.690. The van der Waals surface area contributed by atoms with Gasteiger partial charge < -0.3 is 24.4 Å². The van der Waals surface area contributed by atoms with Crippen LogP contribution in [0.25, 0.3) is 0 Å². The zero-order valence-electron chi connectivity index (χ0n) is 18.1. The average molecular weight is 411 g/mol. The first-order valence-corrected chi connectivity index (χ1v) is 11.4. The van der Waals surface area contributed by atoms with Crippen LogP contribution in [0.2, 0.25) is 0 Å². The van der Waals surface area contributed by atoms with E-state index in [0.717, 1.165) is 44.9 Å². The average Bonchev–Trinajstić information content (AvgIpc) is 3.12. The van der Waals surface area contributed by atoms with Gasteiger partial charge in [0, 0.05) is 20.8 Å². The first-order valence-electron chi connectivity index (χ1n) is 11.4. The number of fused-ring (bicyclic) bond motifs is 5. The van der Waals surface area contributed by atoms with Crippen LogP contribution in [0.4, 0.5) is 0 Å². The van der Waals surface area contributed by atoms with Crippen molar-refractivity contribution in [3.63, 3.8) is 0 Å². The van der Waals surface area contributed by atoms with E-state index in [-0.39, 0.29) is 36.1 Å². The first kappa shape index (κ1) is 21.5. The smallest absolute Gasteiger partial charge is 0.310 e. The summed E-state index contributed by atoms with van der Waals surface area (Å²) in [5.41, 5.74) is -0.575. The molecule has 9 atom stereocenters. The summed E-state index contributed by atoms with van der Waals surface area (Å²) in [7, 11) is 3.47. The van der Waals surface area contributed by atoms with Gasteiger partial charge in [0.05, 0.1) is 17.6 Å². The number of rotatable bonds is 6. The molecule has 4 aliphatic rings. The first-order chi connectivity index (χ1) is 13.9. The zero-order chi connectivity index (χ0) is 20.8. The molecule has 4 unspecified atom stereocenters. The second kappa shape index (κ2) is 8.10. The molecule has 4 saturated carbocycles. The van der Waals surface area contributed by atoms with Gasteiger partial charge in [0.25, 0.3) is 0 Å². The van der Waals surface area contributed by atoms with Crippen molar-refractivity contribution in [2.75, 3.05) is 27.6 Å². The van der Waals surface area contributed by atoms with Gasteiger partial charge in [0.1, 0.15) is 6.79 Å². The number of carbonyl (C=O) groups is 1. The van der Waals surface area contributed by atoms with Gasteiger partial charge in [-0.05, 0) is 86.4 Å². The van der Waals surface area contributed by atoms with Crippen molar-refractivity contribution in [1.82, 2.24) is 0 Å². The van der Waals surface area contributed by atoms with E-state index in [1.54, 1.807) is 7.11 Å². The molecule has 0 saturated heterocycles. The van der Waals surface area contributed by atoms with Crippen LogP contribution in [0.1, 0.15) is 58.3 Å². The molecule has 0 spiro atoms. The quantitative estimate of drug-likeness (QED) is 0.654. The molecule has 0 radical (unpaired) electrons. The Morgan fingerprint density at radius 2 is 1.83 bits per heavy atom. The zero-order valence-corrected chi connectivity index (χ0v) is 18.1. The van der Waals surface area contributed by atoms with Crippen molar-refractivity contribution in [1.29, 1.82) is 0 Å². The molecule has 0 bridgehead atoms. The number of carboxylic acids is 1. The van der Waals surface area contributed by atoms with Crippen LogP contribution in [-0.2, 0) is 19.0 Å². The maximum absolute atomic E-state index is 12.5. The molecule has 166 valence electrons. The fourth-order valence-electron chi connectivity index (χ4n) is 8.29. The molecule has 4 fully saturated rings. The van der Waals surface area contributed by atoms with Crippen molar-refractivity contribution in [2.24, 2.45) is 40.4 Å². The highest BCUT2D eigenvalue weighted by Gasteiger charge is 2.66. The predicted molar refractivity (Wildman–Crippen MR) is 107 cm³/mol. The Labute approximate surface area is 174 Å². The Morgan fingerprint density at radius 1 is 1.03 bits per heavy atom. The molecule has 29 heavy (non-hydrogen) atoms. The minimum Gasteiger partial charge on any atom is -0.481 e. The number of hydrogen-bond donors (Lipinski definition) is 2. The number of aliphatic carboxylic acids is 1. The van der Waals surface area contributed by atoms with E-state index in [0.29, 0.717) is 31.0 Å². The fraction of sp³-hybridized carbons (Fsp3) is 0.957. The van der Waals surface area contributed by atoms with E-state index in [1.807, 2.05) is 7.11 Å². The third-order valence-corrected chi connectivity index (χ3v) is 9.63. The fourth-order valence-corrected chi connectivity index (χ4v) is 8.29. The lowest BCUT2D eigenvalue weighted by Gasteiger charge is -2.62. The third kappa shape index (κ3) is 3.17. The minimum absolute atomic E-state index is 0.00763. The van der Waals surface area contributed by atoms with Crippen LogP contribution in [0.5, 0.6) is 0 Å². The molecular weight excluding hydrogens is 372 g/mol. The SMILES string of the molecule is COCOC1CC[C@@]2(C)C(C1)C(OC)C[C@@H]1[C@H]2CC[C@@]2(C(=O)O)C(CO)CC[C@@H]12. The van der Waals surface area contributed by atoms with Gasteiger partial charge in [0.2, 0.25) is 0 Å². The molecule has 6 heteroatoms. The van der Waals surface area contributed by atoms with Crippen molar-refractivity contribution >= 4 is 5.97 Å². The van der Waals surface area contributed by atoms with Crippen molar-refractivity contribution in [3.05, 3.63) is 0 Å². The second-order valence-corrected chi connectivity index (χ2v) is 10.3. The van der Waals surface area contributed by atoms with Crippen LogP contribution < -0.4 is 0 Å². The highest BCUT2D eigenvalue weighted by atomic mass is 16.7. The van der Waals surface area contributed by atoms with Crippen LogP contribution in [-0.4, -0.2) is 56.0 Å². The van der Waals surface area contributed by atoms with E-state index in [9.17, 15) is 15.0 Å². The van der Waals surface area contributed by atoms with Gasteiger partial charge in [-0.2, -0.15) is 0 Å². The molecule has 0 amide bonds. The van der Waals surface area contributed by atoms with Gasteiger partial charge in [-0.25, -0.2) is 0 Å². The standard InChI is InChI=1S/C23H38O6/c1-22-8-6-15(29-13-27-2)10-19(22)20(28-3)11-16-17(22)7-9-23(21(25)26)14(12-24)4-5-18(16)23/h14-20,24H,4-13H2,1-3H3,(H,25,26)/t14?,15?,16-,17-,18+,19?,20?,22-,23-/m1/s1. The third-order valence-electron chi connectivity index (χ3n) is 9.63. The summed E-state index contributed by atoms with van der Waals surface area (Å²) in [5.74, 6) is 0.729. The molecule has 4 aliphatic carbocycles. The minimum atomic E-state index is -0.740. The lowest BCUT2D eigenvalue weighted by atomic mass is 9.44. The highest BCUT2D eigenvalue weighted by Crippen LogP contribution is 2.67. The number of aliphatic hydroxyl groups is 1. The normalized spacial score (nSPS) is 49.2. The Morgan fingerprint density at radius 3 is 2.48 bits per heavy atom. The summed E-state index contributed by atoms with van der Waals surface area (Å²) in [4.78, 5) is 12.5. The largest absolute Gasteiger partial charge is 0.481 e. The second-order valence-electron chi connectivity index (χ2n) is 10.3. The van der Waals surface area contributed by atoms with Crippen molar-refractivity contribution < 1.29 is 29.2 Å². The van der Waals surface area contributed by atoms with Gasteiger partial charge in [-0.15, -0.1) is 0 Å². The van der Waals surface area contributed by atoms with Crippen molar-refractivity contribution in [2.45, 2.75) is 70.5 Å². The van der Waals surface area contributed by atoms with Crippen molar-refractivity contribution in [3.8, 4) is 0 Å². The van der Waals surface area contributed by atoms with E-state index in [4.69, 9.17) is 14.2 Å². The summed E-state index contributed by atoms with van der Waals surface area (Å²) in [6.45, 7) is 2.76. The van der Waals surface area contributed by atoms with E-state index < -0.39 is 11.4 Å². The molecule has 2 N–H and O–H groups in total. The lowest BCUT2D eigenvalue weighted by molar-refractivity contribution is -0.201. The maximum Gasteiger partial charge on any atom is 0.310 e. The molecule has 4 rings (SSSR count). The summed E-state index contributed by atoms with van der Waals surface area (Å²) in [6, 6.07) is 0. The summed E-state index contributed by atoms with van der Waals surface area (Å²) in [6.07, 6.45) is 7.86. The number of carboxylic acid groups (broad SMARTS) is 1. The Balaban J connectivity index is 1.62. The van der Waals surface area contributed by atoms with Crippen LogP contribution >= 0.6 is 0 Å². The molecule has 6 nitrogen and oxygen atoms in total. The molecule has 0 aromatic rings. The topological polar surface area (TPSA) is 85.2 Å². The van der Waals surface area contributed by atoms with Gasteiger partial charge in [-0.3, -0.25) is 4.79 Å². The molecule has 0 heterocycles. The van der Waals surface area contributed by atoms with E-state index >= 15 is 0 Å². The number of ether oxygens (including phenoxy) is 3. The molecule has 0 aromatic heterocycles. The number of hydrogen-bond acceptors (Lipinski definition) is 5. The summed E-state index contributed by atoms with van der Waals surface area (Å²) >= 11 is 0. The van der Waals surface area contributed by atoms with Crippen LogP contribution in [0, 0.1) is 40.4 Å². The van der Waals surface area contributed by atoms with Gasteiger partial charge in [0.15, 0.2) is 0 Å². The van der Waals surface area contributed by atoms with E-state index in [2.05, 4.69) is 6.92 Å². The number of methoxy groups -OCH3 is 2. The highest BCUT2D eigenvalue weighted by molar-refractivity contribution is 5.76. The van der Waals surface area contributed by atoms with Crippen LogP contribution in [0.15, 0.2) is 0 Å².